The molecule has 27 heavy (non-hydrogen) atoms. The number of para-hydroxylation sites is 1. The lowest BCUT2D eigenvalue weighted by atomic mass is 10.1. The Morgan fingerprint density at radius 1 is 1.33 bits per heavy atom. The first-order chi connectivity index (χ1) is 12.9. The molecule has 1 aromatic carbocycles. The summed E-state index contributed by atoms with van der Waals surface area (Å²) in [5, 5.41) is 7.67. The fraction of sp³-hybridized carbons (Fsp3) is 0.300. The second kappa shape index (κ2) is 7.88. The second-order valence-corrected chi connectivity index (χ2v) is 6.85. The Labute approximate surface area is 163 Å². The topological polar surface area (TPSA) is 69.3 Å². The average Bonchev–Trinajstić information content (AvgIpc) is 3.22. The van der Waals surface area contributed by atoms with Gasteiger partial charge < -0.3 is 14.5 Å². The van der Waals surface area contributed by atoms with Crippen molar-refractivity contribution >= 4 is 17.5 Å². The van der Waals surface area contributed by atoms with E-state index < -0.39 is 0 Å². The van der Waals surface area contributed by atoms with Gasteiger partial charge in [0.1, 0.15) is 18.1 Å². The minimum atomic E-state index is -0.286. The number of nitrogens with zero attached hydrogens (tertiary/aromatic N) is 2. The first-order valence-electron chi connectivity index (χ1n) is 8.62. The third-order valence-corrected chi connectivity index (χ3v) is 4.79. The molecule has 0 saturated heterocycles. The summed E-state index contributed by atoms with van der Waals surface area (Å²) in [6.45, 7) is 5.98. The van der Waals surface area contributed by atoms with Gasteiger partial charge in [-0.3, -0.25) is 9.48 Å². The number of ether oxygens (including phenoxy) is 1. The van der Waals surface area contributed by atoms with Crippen molar-refractivity contribution in [3.8, 4) is 5.75 Å². The number of furan rings is 1. The van der Waals surface area contributed by atoms with Gasteiger partial charge in [0.15, 0.2) is 5.76 Å². The molecule has 1 unspecified atom stereocenters. The standard InChI is InChI=1S/C20H22ClN3O3/c1-12-6-5-7-17(21)19(12)26-11-15-8-9-18(27-15)20(25)23-13(2)16-10-22-24(4)14(16)3/h5-10,13H,11H2,1-4H3,(H,23,25). The Bertz CT molecular complexity index is 941. The zero-order chi connectivity index (χ0) is 19.6. The van der Waals surface area contributed by atoms with Crippen molar-refractivity contribution in [2.24, 2.45) is 7.05 Å². The molecule has 0 aliphatic heterocycles. The molecule has 0 saturated carbocycles. The molecule has 3 rings (SSSR count). The predicted octanol–water partition coefficient (Wildman–Crippen LogP) is 4.35. The summed E-state index contributed by atoms with van der Waals surface area (Å²) >= 11 is 6.15. The summed E-state index contributed by atoms with van der Waals surface area (Å²) in [5.74, 6) is 1.11. The Morgan fingerprint density at radius 2 is 2.11 bits per heavy atom. The number of hydrogen-bond donors (Lipinski definition) is 1. The van der Waals surface area contributed by atoms with E-state index in [2.05, 4.69) is 10.4 Å². The van der Waals surface area contributed by atoms with E-state index in [-0.39, 0.29) is 24.3 Å². The van der Waals surface area contributed by atoms with Crippen LogP contribution in [0.1, 0.15) is 46.1 Å². The van der Waals surface area contributed by atoms with Crippen molar-refractivity contribution in [3.63, 3.8) is 0 Å². The number of halogens is 1. The van der Waals surface area contributed by atoms with Crippen LogP contribution in [-0.4, -0.2) is 15.7 Å². The highest BCUT2D eigenvalue weighted by Gasteiger charge is 2.18. The van der Waals surface area contributed by atoms with Crippen LogP contribution in [0.5, 0.6) is 5.75 Å². The average molecular weight is 388 g/mol. The molecule has 7 heteroatoms. The number of rotatable bonds is 6. The van der Waals surface area contributed by atoms with Crippen molar-refractivity contribution < 1.29 is 13.9 Å². The van der Waals surface area contributed by atoms with Crippen LogP contribution in [0, 0.1) is 13.8 Å². The quantitative estimate of drug-likeness (QED) is 0.682. The maximum absolute atomic E-state index is 12.4. The minimum absolute atomic E-state index is 0.179. The molecule has 6 nitrogen and oxygen atoms in total. The van der Waals surface area contributed by atoms with Crippen molar-refractivity contribution in [2.75, 3.05) is 0 Å². The zero-order valence-corrected chi connectivity index (χ0v) is 16.5. The first kappa shape index (κ1) is 19.0. The summed E-state index contributed by atoms with van der Waals surface area (Å²) in [6, 6.07) is 8.74. The van der Waals surface area contributed by atoms with E-state index in [0.29, 0.717) is 16.5 Å². The summed E-state index contributed by atoms with van der Waals surface area (Å²) in [6.07, 6.45) is 1.76. The lowest BCUT2D eigenvalue weighted by molar-refractivity contribution is 0.0907. The van der Waals surface area contributed by atoms with Crippen LogP contribution in [0.3, 0.4) is 0 Å². The van der Waals surface area contributed by atoms with Crippen LogP contribution in [0.25, 0.3) is 0 Å². The summed E-state index contributed by atoms with van der Waals surface area (Å²) in [7, 11) is 1.87. The normalized spacial score (nSPS) is 12.0. The van der Waals surface area contributed by atoms with Crippen LogP contribution in [0.15, 0.2) is 40.9 Å². The van der Waals surface area contributed by atoms with Gasteiger partial charge in [0.05, 0.1) is 17.3 Å². The molecule has 2 aromatic heterocycles. The number of aromatic nitrogens is 2. The third kappa shape index (κ3) is 4.17. The molecule has 0 fully saturated rings. The Kier molecular flexibility index (Phi) is 5.56. The number of nitrogens with one attached hydrogen (secondary N) is 1. The van der Waals surface area contributed by atoms with E-state index in [4.69, 9.17) is 20.8 Å². The molecule has 0 aliphatic rings. The molecule has 1 N–H and O–H groups in total. The third-order valence-electron chi connectivity index (χ3n) is 4.50. The molecular formula is C20H22ClN3O3. The van der Waals surface area contributed by atoms with E-state index >= 15 is 0 Å². The number of benzene rings is 1. The van der Waals surface area contributed by atoms with Gasteiger partial charge in [-0.15, -0.1) is 0 Å². The van der Waals surface area contributed by atoms with Gasteiger partial charge >= 0.3 is 0 Å². The second-order valence-electron chi connectivity index (χ2n) is 6.44. The van der Waals surface area contributed by atoms with Gasteiger partial charge in [0, 0.05) is 18.3 Å². The molecule has 0 radical (unpaired) electrons. The molecular weight excluding hydrogens is 366 g/mol. The van der Waals surface area contributed by atoms with E-state index in [1.807, 2.05) is 40.0 Å². The molecule has 1 amide bonds. The number of amides is 1. The maximum Gasteiger partial charge on any atom is 0.287 e. The molecule has 0 aliphatic carbocycles. The van der Waals surface area contributed by atoms with Crippen LogP contribution >= 0.6 is 11.6 Å². The fourth-order valence-corrected chi connectivity index (χ4v) is 3.08. The molecule has 142 valence electrons. The van der Waals surface area contributed by atoms with Gasteiger partial charge in [-0.2, -0.15) is 5.10 Å². The summed E-state index contributed by atoms with van der Waals surface area (Å²) < 4.78 is 13.1. The number of carbonyl (C=O) groups excluding carboxylic acids is 1. The van der Waals surface area contributed by atoms with Crippen molar-refractivity contribution in [3.05, 3.63) is 69.9 Å². The number of hydrogen-bond acceptors (Lipinski definition) is 4. The molecule has 1 atom stereocenters. The zero-order valence-electron chi connectivity index (χ0n) is 15.7. The van der Waals surface area contributed by atoms with Crippen LogP contribution in [-0.2, 0) is 13.7 Å². The maximum atomic E-state index is 12.4. The monoisotopic (exact) mass is 387 g/mol. The van der Waals surface area contributed by atoms with Crippen LogP contribution < -0.4 is 10.1 Å². The number of aryl methyl sites for hydroxylation is 2. The SMILES string of the molecule is Cc1cccc(Cl)c1OCc1ccc(C(=O)NC(C)c2cnn(C)c2C)o1. The van der Waals surface area contributed by atoms with Crippen LogP contribution in [0.2, 0.25) is 5.02 Å². The first-order valence-corrected chi connectivity index (χ1v) is 9.00. The Balaban J connectivity index is 1.63. The van der Waals surface area contributed by atoms with E-state index in [9.17, 15) is 4.79 Å². The van der Waals surface area contributed by atoms with Crippen molar-refractivity contribution in [1.29, 1.82) is 0 Å². The highest BCUT2D eigenvalue weighted by molar-refractivity contribution is 6.32. The highest BCUT2D eigenvalue weighted by Crippen LogP contribution is 2.28. The van der Waals surface area contributed by atoms with Gasteiger partial charge in [-0.1, -0.05) is 23.7 Å². The van der Waals surface area contributed by atoms with Crippen molar-refractivity contribution in [2.45, 2.75) is 33.4 Å². The highest BCUT2D eigenvalue weighted by atomic mass is 35.5. The molecule has 2 heterocycles. The Morgan fingerprint density at radius 3 is 2.78 bits per heavy atom. The molecule has 0 bridgehead atoms. The van der Waals surface area contributed by atoms with E-state index in [1.165, 1.54) is 0 Å². The Hall–Kier alpha value is -2.73. The van der Waals surface area contributed by atoms with Gasteiger partial charge in [-0.05, 0) is 44.5 Å². The largest absolute Gasteiger partial charge is 0.484 e. The van der Waals surface area contributed by atoms with Gasteiger partial charge in [0.2, 0.25) is 0 Å². The minimum Gasteiger partial charge on any atom is -0.484 e. The summed E-state index contributed by atoms with van der Waals surface area (Å²) in [4.78, 5) is 12.4. The molecule has 0 spiro atoms. The van der Waals surface area contributed by atoms with Crippen molar-refractivity contribution in [1.82, 2.24) is 15.1 Å². The van der Waals surface area contributed by atoms with Gasteiger partial charge in [0.25, 0.3) is 5.91 Å². The van der Waals surface area contributed by atoms with E-state index in [0.717, 1.165) is 16.8 Å². The van der Waals surface area contributed by atoms with Crippen LogP contribution in [0.4, 0.5) is 0 Å². The predicted molar refractivity (Wildman–Crippen MR) is 103 cm³/mol. The lowest BCUT2D eigenvalue weighted by Crippen LogP contribution is -2.26. The fourth-order valence-electron chi connectivity index (χ4n) is 2.81. The van der Waals surface area contributed by atoms with E-state index in [1.54, 1.807) is 29.1 Å². The summed E-state index contributed by atoms with van der Waals surface area (Å²) in [5.41, 5.74) is 2.91. The van der Waals surface area contributed by atoms with Gasteiger partial charge in [-0.25, -0.2) is 0 Å². The lowest BCUT2D eigenvalue weighted by Gasteiger charge is -2.12. The number of carbonyl (C=O) groups is 1. The smallest absolute Gasteiger partial charge is 0.287 e. The molecule has 3 aromatic rings.